The van der Waals surface area contributed by atoms with Crippen molar-refractivity contribution in [3.8, 4) is 0 Å². The van der Waals surface area contributed by atoms with E-state index in [1.54, 1.807) is 58.0 Å². The molecule has 0 radical (unpaired) electrons. The molecule has 9 atom stereocenters. The lowest BCUT2D eigenvalue weighted by molar-refractivity contribution is -0.156. The number of cyclic esters (lactones) is 1. The lowest BCUT2D eigenvalue weighted by atomic mass is 9.96. The molecule has 0 bridgehead atoms. The van der Waals surface area contributed by atoms with Crippen LogP contribution in [0.1, 0.15) is 93.6 Å². The Balaban J connectivity index is 2.63. The van der Waals surface area contributed by atoms with E-state index >= 15 is 0 Å². The Hall–Kier alpha value is -6.25. The van der Waals surface area contributed by atoms with Gasteiger partial charge in [0.15, 0.2) is 0 Å². The van der Waals surface area contributed by atoms with Crippen LogP contribution in [0.2, 0.25) is 0 Å². The largest absolute Gasteiger partial charge is 0.458 e. The third-order valence-electron chi connectivity index (χ3n) is 9.79. The number of nitrogens with one attached hydrogen (secondary N) is 7. The summed E-state index contributed by atoms with van der Waals surface area (Å²) in [4.78, 5) is 147. The Morgan fingerprint density at radius 2 is 1.28 bits per heavy atom. The van der Waals surface area contributed by atoms with Gasteiger partial charge in [0.05, 0.1) is 18.6 Å². The van der Waals surface area contributed by atoms with Crippen LogP contribution in [0, 0.1) is 17.8 Å². The summed E-state index contributed by atoms with van der Waals surface area (Å²) in [5, 5.41) is 27.4. The lowest BCUT2D eigenvalue weighted by Crippen LogP contribution is -2.63. The van der Waals surface area contributed by atoms with Gasteiger partial charge in [0.25, 0.3) is 11.7 Å². The molecular weight excluding hydrogens is 837 g/mol. The standard InChI is InChI=1S/C43H64N8O13/c1-20(2)15-27-35(55)36(56)42(62)49-28(16-21(3)4)38(58)48-30(19-31(44)53)37(57)45-23(7)43(63)64-25(9)34(41(61)47-27)51-40(60)33(24(8)52)50-39(59)29(46-32(54)17-22(5)6)18-26-13-11-10-12-14-26/h10-14,20-25,27-30,33-34,52H,15-19H2,1-9H3,(H2,44,53)(H,45,57)(H,46,54)(H,47,61)(H,48,58)(H,49,62)(H,50,59)(H,51,60)/t23-,24?,25?,27+,28+,29+,30+,33+,34+/m1/s1. The summed E-state index contributed by atoms with van der Waals surface area (Å²) in [5.41, 5.74) is 5.99. The number of primary amides is 1. The molecule has 8 amide bonds. The molecule has 10 N–H and O–H groups in total. The average Bonchev–Trinajstić information content (AvgIpc) is 3.18. The highest BCUT2D eigenvalue weighted by molar-refractivity contribution is 6.64. The first-order chi connectivity index (χ1) is 29.8. The topological polar surface area (TPSA) is 327 Å². The fourth-order valence-corrected chi connectivity index (χ4v) is 6.55. The number of Topliss-reactive ketones (excluding diaryl/α,β-unsaturated/α-hetero) is 2. The highest BCUT2D eigenvalue weighted by atomic mass is 16.5. The minimum absolute atomic E-state index is 0.00651. The summed E-state index contributed by atoms with van der Waals surface area (Å²) in [6.45, 7) is 13.8. The van der Waals surface area contributed by atoms with Crippen LogP contribution in [-0.4, -0.2) is 124 Å². The van der Waals surface area contributed by atoms with Crippen molar-refractivity contribution in [1.82, 2.24) is 37.2 Å². The van der Waals surface area contributed by atoms with Gasteiger partial charge < -0.3 is 52.8 Å². The van der Waals surface area contributed by atoms with Crippen LogP contribution in [0.3, 0.4) is 0 Å². The second-order valence-electron chi connectivity index (χ2n) is 17.3. The van der Waals surface area contributed by atoms with Crippen molar-refractivity contribution < 1.29 is 62.6 Å². The number of benzene rings is 1. The van der Waals surface area contributed by atoms with E-state index in [2.05, 4.69) is 37.2 Å². The molecule has 1 aliphatic rings. The third kappa shape index (κ3) is 17.5. The molecule has 1 aliphatic heterocycles. The van der Waals surface area contributed by atoms with Crippen molar-refractivity contribution in [3.05, 3.63) is 35.9 Å². The first kappa shape index (κ1) is 53.9. The smallest absolute Gasteiger partial charge is 0.328 e. The van der Waals surface area contributed by atoms with Gasteiger partial charge in [0.1, 0.15) is 42.4 Å². The molecule has 354 valence electrons. The van der Waals surface area contributed by atoms with Crippen LogP contribution in [0.15, 0.2) is 30.3 Å². The van der Waals surface area contributed by atoms with E-state index in [0.29, 0.717) is 5.56 Å². The van der Waals surface area contributed by atoms with Crippen LogP contribution in [-0.2, 0) is 63.9 Å². The van der Waals surface area contributed by atoms with Gasteiger partial charge in [0.2, 0.25) is 47.1 Å². The molecule has 1 fully saturated rings. The maximum absolute atomic E-state index is 14.2. The zero-order chi connectivity index (χ0) is 48.6. The molecule has 1 saturated heterocycles. The Morgan fingerprint density at radius 1 is 0.719 bits per heavy atom. The predicted molar refractivity (Wildman–Crippen MR) is 229 cm³/mol. The highest BCUT2D eigenvalue weighted by Crippen LogP contribution is 2.13. The fraction of sp³-hybridized carbons (Fsp3) is 0.605. The summed E-state index contributed by atoms with van der Waals surface area (Å²) in [7, 11) is 0. The quantitative estimate of drug-likeness (QED) is 0.0649. The van der Waals surface area contributed by atoms with E-state index in [1.807, 2.05) is 13.8 Å². The van der Waals surface area contributed by atoms with Gasteiger partial charge in [-0.2, -0.15) is 0 Å². The normalized spacial score (nSPS) is 23.3. The van der Waals surface area contributed by atoms with Crippen molar-refractivity contribution in [3.63, 3.8) is 0 Å². The van der Waals surface area contributed by atoms with Crippen LogP contribution >= 0.6 is 0 Å². The Morgan fingerprint density at radius 3 is 1.83 bits per heavy atom. The maximum atomic E-state index is 14.2. The number of amides is 8. The van der Waals surface area contributed by atoms with Crippen LogP contribution in [0.5, 0.6) is 0 Å². The van der Waals surface area contributed by atoms with Gasteiger partial charge in [-0.15, -0.1) is 0 Å². The van der Waals surface area contributed by atoms with Crippen LogP contribution < -0.4 is 43.0 Å². The number of esters is 1. The summed E-state index contributed by atoms with van der Waals surface area (Å²) < 4.78 is 5.50. The molecule has 21 heteroatoms. The number of ketones is 2. The highest BCUT2D eigenvalue weighted by Gasteiger charge is 2.40. The number of carbonyl (C=O) groups excluding carboxylic acids is 11. The average molecular weight is 901 g/mol. The molecule has 21 nitrogen and oxygen atoms in total. The Bertz CT molecular complexity index is 1890. The van der Waals surface area contributed by atoms with E-state index in [4.69, 9.17) is 10.5 Å². The van der Waals surface area contributed by atoms with Crippen molar-refractivity contribution in [2.75, 3.05) is 0 Å². The fourth-order valence-electron chi connectivity index (χ4n) is 6.55. The monoisotopic (exact) mass is 900 g/mol. The SMILES string of the molecule is CC(C)CC(=O)N[C@@H](Cc1ccccc1)C(=O)N[C@H](C(=O)N[C@@H]1C(=O)N[C@@H](CC(C)C)C(=O)C(=O)C(=O)N[C@@H](CC(C)C)C(=O)N[C@@H](CC(N)=O)C(=O)N[C@H](C)C(=O)OC1C)C(C)O. The van der Waals surface area contributed by atoms with Crippen molar-refractivity contribution in [2.45, 2.75) is 149 Å². The summed E-state index contributed by atoms with van der Waals surface area (Å²) in [6, 6.07) is -2.76. The van der Waals surface area contributed by atoms with Crippen LogP contribution in [0.25, 0.3) is 0 Å². The van der Waals surface area contributed by atoms with Crippen LogP contribution in [0.4, 0.5) is 0 Å². The Kier molecular flexibility index (Phi) is 21.2. The van der Waals surface area contributed by atoms with Gasteiger partial charge >= 0.3 is 5.97 Å². The predicted octanol–water partition coefficient (Wildman–Crippen LogP) is -1.88. The molecule has 2 unspecified atom stereocenters. The lowest BCUT2D eigenvalue weighted by Gasteiger charge is -2.31. The molecule has 64 heavy (non-hydrogen) atoms. The van der Waals surface area contributed by atoms with Crippen molar-refractivity contribution >= 4 is 64.8 Å². The number of nitrogens with two attached hydrogens (primary N) is 1. The van der Waals surface area contributed by atoms with Crippen molar-refractivity contribution in [2.24, 2.45) is 23.5 Å². The molecule has 0 saturated carbocycles. The molecule has 0 spiro atoms. The van der Waals surface area contributed by atoms with E-state index in [9.17, 15) is 57.8 Å². The van der Waals surface area contributed by atoms with Gasteiger partial charge in [-0.1, -0.05) is 71.9 Å². The number of hydrogen-bond acceptors (Lipinski definition) is 13. The van der Waals surface area contributed by atoms with Gasteiger partial charge in [-0.3, -0.25) is 47.9 Å². The molecule has 1 heterocycles. The number of aliphatic hydroxyl groups is 1. The van der Waals surface area contributed by atoms with Gasteiger partial charge in [-0.25, -0.2) is 4.79 Å². The number of rotatable bonds is 16. The summed E-state index contributed by atoms with van der Waals surface area (Å²) in [6.07, 6.45) is -4.31. The first-order valence-electron chi connectivity index (χ1n) is 21.2. The molecular formula is C43H64N8O13. The number of aliphatic hydroxyl groups excluding tert-OH is 1. The second-order valence-corrected chi connectivity index (χ2v) is 17.3. The van der Waals surface area contributed by atoms with E-state index in [0.717, 1.165) is 6.92 Å². The second kappa shape index (κ2) is 25.1. The van der Waals surface area contributed by atoms with E-state index in [-0.39, 0.29) is 37.5 Å². The van der Waals surface area contributed by atoms with Gasteiger partial charge in [0, 0.05) is 12.8 Å². The number of ether oxygens (including phenoxy) is 1. The number of carbonyl (C=O) groups is 11. The molecule has 1 aromatic rings. The molecule has 2 rings (SSSR count). The van der Waals surface area contributed by atoms with E-state index < -0.39 is 132 Å². The summed E-state index contributed by atoms with van der Waals surface area (Å²) >= 11 is 0. The minimum Gasteiger partial charge on any atom is -0.458 e. The maximum Gasteiger partial charge on any atom is 0.328 e. The van der Waals surface area contributed by atoms with Crippen molar-refractivity contribution in [1.29, 1.82) is 0 Å². The number of hydrogen-bond donors (Lipinski definition) is 9. The molecule has 0 aromatic heterocycles. The van der Waals surface area contributed by atoms with Gasteiger partial charge in [-0.05, 0) is 56.9 Å². The van der Waals surface area contributed by atoms with E-state index in [1.165, 1.54) is 13.8 Å². The molecule has 0 aliphatic carbocycles. The zero-order valence-corrected chi connectivity index (χ0v) is 37.8. The molecule has 1 aromatic carbocycles. The zero-order valence-electron chi connectivity index (χ0n) is 37.8. The summed E-state index contributed by atoms with van der Waals surface area (Å²) in [5.74, 6) is -13.4. The third-order valence-corrected chi connectivity index (χ3v) is 9.79. The first-order valence-corrected chi connectivity index (χ1v) is 21.2. The minimum atomic E-state index is -1.94. The Labute approximate surface area is 372 Å².